The van der Waals surface area contributed by atoms with Crippen LogP contribution in [0.1, 0.15) is 75.0 Å². The van der Waals surface area contributed by atoms with Crippen LogP contribution in [0.3, 0.4) is 0 Å². The molecule has 11 heteroatoms. The third-order valence-corrected chi connectivity index (χ3v) is 15.8. The van der Waals surface area contributed by atoms with E-state index in [1.807, 2.05) is 74.6 Å². The Bertz CT molecular complexity index is 2500. The van der Waals surface area contributed by atoms with E-state index >= 15 is 0 Å². The highest BCUT2D eigenvalue weighted by atomic mass is 28.4. The Morgan fingerprint density at radius 1 is 0.828 bits per heavy atom. The van der Waals surface area contributed by atoms with E-state index in [1.165, 1.54) is 19.1 Å². The number of hydrogen-bond donors (Lipinski definition) is 1. The van der Waals surface area contributed by atoms with Crippen molar-refractivity contribution in [2.24, 2.45) is 0 Å². The number of aromatic nitrogens is 5. The molecule has 0 aliphatic rings. The Labute approximate surface area is 340 Å². The van der Waals surface area contributed by atoms with Crippen LogP contribution in [0.25, 0.3) is 33.5 Å². The topological polar surface area (TPSA) is 104 Å². The van der Waals surface area contributed by atoms with Gasteiger partial charge in [0.15, 0.2) is 14.0 Å². The van der Waals surface area contributed by atoms with E-state index in [1.54, 1.807) is 16.9 Å². The van der Waals surface area contributed by atoms with Crippen molar-refractivity contribution in [3.8, 4) is 11.4 Å². The molecule has 58 heavy (non-hydrogen) atoms. The molecule has 0 radical (unpaired) electrons. The zero-order valence-electron chi connectivity index (χ0n) is 34.5. The van der Waals surface area contributed by atoms with Crippen molar-refractivity contribution in [1.29, 1.82) is 0 Å². The first-order chi connectivity index (χ1) is 27.5. The Kier molecular flexibility index (Phi) is 10.8. The van der Waals surface area contributed by atoms with Crippen LogP contribution in [-0.4, -0.2) is 56.5 Å². The zero-order valence-corrected chi connectivity index (χ0v) is 35.5. The van der Waals surface area contributed by atoms with Crippen molar-refractivity contribution in [3.05, 3.63) is 150 Å². The maximum Gasteiger partial charge on any atom is 0.255 e. The Balaban J connectivity index is 1.48. The number of benzene rings is 4. The van der Waals surface area contributed by atoms with Crippen LogP contribution in [0.5, 0.6) is 0 Å². The van der Waals surface area contributed by atoms with E-state index in [0.717, 1.165) is 16.7 Å². The number of halogens is 1. The number of rotatable bonds is 13. The predicted molar refractivity (Wildman–Crippen MR) is 231 cm³/mol. The molecular formula is C47H51FN6O3Si. The van der Waals surface area contributed by atoms with Gasteiger partial charge in [-0.3, -0.25) is 14.3 Å². The number of aryl methyl sites for hydroxylation is 1. The number of Topliss-reactive ketones (excluding diaryl/α,β-unsaturated/α-hetero) is 1. The summed E-state index contributed by atoms with van der Waals surface area (Å²) in [6.07, 6.45) is 3.75. The molecule has 3 aromatic heterocycles. The Morgan fingerprint density at radius 2 is 1.40 bits per heavy atom. The molecule has 0 aliphatic heterocycles. The van der Waals surface area contributed by atoms with Gasteiger partial charge in [-0.1, -0.05) is 112 Å². The van der Waals surface area contributed by atoms with Crippen molar-refractivity contribution in [3.63, 3.8) is 0 Å². The minimum Gasteiger partial charge on any atom is -0.414 e. The van der Waals surface area contributed by atoms with Gasteiger partial charge in [0.1, 0.15) is 34.0 Å². The number of carbonyl (C=O) groups is 2. The largest absolute Gasteiger partial charge is 0.414 e. The monoisotopic (exact) mass is 794 g/mol. The highest BCUT2D eigenvalue weighted by Gasteiger charge is 2.42. The maximum atomic E-state index is 14.9. The molecule has 0 spiro atoms. The maximum absolute atomic E-state index is 14.9. The lowest BCUT2D eigenvalue weighted by atomic mass is 9.76. The molecule has 0 saturated heterocycles. The summed E-state index contributed by atoms with van der Waals surface area (Å²) in [5, 5.41) is 8.79. The van der Waals surface area contributed by atoms with Gasteiger partial charge in [0.05, 0.1) is 29.4 Å². The van der Waals surface area contributed by atoms with E-state index < -0.39 is 25.2 Å². The lowest BCUT2D eigenvalue weighted by Gasteiger charge is -2.39. The number of hydrogen-bond acceptors (Lipinski definition) is 6. The minimum absolute atomic E-state index is 0.00284. The van der Waals surface area contributed by atoms with Crippen LogP contribution in [-0.2, 0) is 21.3 Å². The summed E-state index contributed by atoms with van der Waals surface area (Å²) in [6, 6.07) is 35.1. The number of nitrogens with one attached hydrogen (secondary N) is 1. The van der Waals surface area contributed by atoms with Crippen LogP contribution in [0, 0.1) is 5.82 Å². The van der Waals surface area contributed by atoms with Gasteiger partial charge >= 0.3 is 0 Å². The number of amides is 1. The first kappa shape index (κ1) is 40.4. The molecule has 0 atom stereocenters. The summed E-state index contributed by atoms with van der Waals surface area (Å²) in [5.41, 5.74) is 3.74. The van der Waals surface area contributed by atoms with Gasteiger partial charge in [-0.15, -0.1) is 0 Å². The number of carbonyl (C=O) groups excluding carboxylic acids is 2. The molecule has 7 aromatic rings. The SMILES string of the molecule is CC(=O)CCn1nc(-c2cnc3c(n2)c(C(=O)NC(C)(C)CO[Si](C)(C)C(C)(C)C)cn3C(c2ccccc2)(c2ccccc2)c2ccccc2)c2ccc(F)cc21. The van der Waals surface area contributed by atoms with Crippen LogP contribution in [0.2, 0.25) is 18.1 Å². The molecule has 4 aromatic carbocycles. The molecule has 0 saturated carbocycles. The first-order valence-corrected chi connectivity index (χ1v) is 22.6. The fourth-order valence-electron chi connectivity index (χ4n) is 7.24. The zero-order chi connectivity index (χ0) is 41.5. The van der Waals surface area contributed by atoms with Gasteiger partial charge in [-0.2, -0.15) is 5.10 Å². The van der Waals surface area contributed by atoms with Crippen molar-refractivity contribution in [1.82, 2.24) is 29.6 Å². The summed E-state index contributed by atoms with van der Waals surface area (Å²) in [7, 11) is -2.13. The second kappa shape index (κ2) is 15.5. The molecule has 7 rings (SSSR count). The van der Waals surface area contributed by atoms with Crippen molar-refractivity contribution < 1.29 is 18.4 Å². The molecule has 0 aliphatic carbocycles. The Hall–Kier alpha value is -5.78. The van der Waals surface area contributed by atoms with Gasteiger partial charge in [0.2, 0.25) is 0 Å². The molecule has 0 fully saturated rings. The van der Waals surface area contributed by atoms with Gasteiger partial charge in [0, 0.05) is 24.5 Å². The van der Waals surface area contributed by atoms with Crippen LogP contribution in [0.4, 0.5) is 4.39 Å². The molecule has 3 heterocycles. The quantitative estimate of drug-likeness (QED) is 0.0921. The molecule has 1 N–H and O–H groups in total. The standard InChI is InChI=1S/C47H51FN6O3Si/c1-32(55)26-27-54-40-28-36(48)24-25-37(40)41(52-54)39-29-49-43-42(50-39)38(44(56)51-46(5,6)31-57-58(7,8)45(2,3)4)30-53(43)47(33-18-12-9-13-19-33,34-20-14-10-15-21-34)35-22-16-11-17-23-35/h9-25,28-30H,26-27,31H2,1-8H3,(H,51,56). The normalized spacial score (nSPS) is 12.6. The van der Waals surface area contributed by atoms with Crippen LogP contribution < -0.4 is 5.32 Å². The van der Waals surface area contributed by atoms with E-state index in [-0.39, 0.29) is 29.7 Å². The van der Waals surface area contributed by atoms with Gasteiger partial charge in [-0.25, -0.2) is 14.4 Å². The average molecular weight is 795 g/mol. The number of ketones is 1. The summed E-state index contributed by atoms with van der Waals surface area (Å²) < 4.78 is 24.9. The summed E-state index contributed by atoms with van der Waals surface area (Å²) in [6.45, 7) is 17.0. The highest BCUT2D eigenvalue weighted by Crippen LogP contribution is 2.44. The summed E-state index contributed by atoms with van der Waals surface area (Å²) in [4.78, 5) is 37.2. The number of fused-ring (bicyclic) bond motifs is 2. The van der Waals surface area contributed by atoms with Crippen molar-refractivity contribution in [2.45, 2.75) is 83.7 Å². The fraction of sp³-hybridized carbons (Fsp3) is 0.298. The highest BCUT2D eigenvalue weighted by molar-refractivity contribution is 6.74. The third-order valence-electron chi connectivity index (χ3n) is 11.4. The lowest BCUT2D eigenvalue weighted by molar-refractivity contribution is -0.117. The second-order valence-corrected chi connectivity index (χ2v) is 22.0. The predicted octanol–water partition coefficient (Wildman–Crippen LogP) is 9.94. The smallest absolute Gasteiger partial charge is 0.255 e. The van der Waals surface area contributed by atoms with Crippen molar-refractivity contribution >= 4 is 42.1 Å². The van der Waals surface area contributed by atoms with E-state index in [2.05, 4.69) is 80.1 Å². The molecular weight excluding hydrogens is 744 g/mol. The third kappa shape index (κ3) is 7.64. The molecule has 9 nitrogen and oxygen atoms in total. The van der Waals surface area contributed by atoms with E-state index in [4.69, 9.17) is 19.5 Å². The second-order valence-electron chi connectivity index (χ2n) is 17.2. The minimum atomic E-state index is -2.13. The summed E-state index contributed by atoms with van der Waals surface area (Å²) >= 11 is 0. The van der Waals surface area contributed by atoms with Gasteiger partial charge in [-0.05, 0) is 73.8 Å². The van der Waals surface area contributed by atoms with Gasteiger partial charge < -0.3 is 14.3 Å². The molecule has 0 bridgehead atoms. The Morgan fingerprint density at radius 3 is 1.93 bits per heavy atom. The van der Waals surface area contributed by atoms with Crippen LogP contribution in [0.15, 0.2) is 122 Å². The van der Waals surface area contributed by atoms with Gasteiger partial charge in [0.25, 0.3) is 5.91 Å². The first-order valence-electron chi connectivity index (χ1n) is 19.7. The van der Waals surface area contributed by atoms with E-state index in [0.29, 0.717) is 45.6 Å². The average Bonchev–Trinajstić information content (AvgIpc) is 3.76. The molecule has 0 unspecified atom stereocenters. The van der Waals surface area contributed by atoms with Crippen LogP contribution >= 0.6 is 0 Å². The molecule has 1 amide bonds. The molecule has 298 valence electrons. The lowest BCUT2D eigenvalue weighted by Crippen LogP contribution is -2.51. The summed E-state index contributed by atoms with van der Waals surface area (Å²) in [5.74, 6) is -0.753. The number of nitrogens with zero attached hydrogens (tertiary/aromatic N) is 5. The fourth-order valence-corrected chi connectivity index (χ4v) is 8.40. The van der Waals surface area contributed by atoms with Crippen molar-refractivity contribution in [2.75, 3.05) is 6.61 Å². The van der Waals surface area contributed by atoms with E-state index in [9.17, 15) is 14.0 Å².